The number of nitrogens with zero attached hydrogens (tertiary/aromatic N) is 1. The average Bonchev–Trinajstić information content (AvgIpc) is 2.19. The molecule has 0 amide bonds. The van der Waals surface area contributed by atoms with Crippen molar-refractivity contribution in [3.8, 4) is 12.3 Å². The molecule has 0 aromatic carbocycles. The van der Waals surface area contributed by atoms with Crippen LogP contribution < -0.4 is 0 Å². The molecular formula is C11H11NO. The average molecular weight is 173 g/mol. The molecule has 2 heteroatoms. The Morgan fingerprint density at radius 3 is 2.92 bits per heavy atom. The number of carbonyl (C=O) groups is 1. The number of hydrogen-bond acceptors (Lipinski definition) is 2. The molecule has 2 nitrogen and oxygen atoms in total. The number of hydrogen-bond donors (Lipinski definition) is 0. The summed E-state index contributed by atoms with van der Waals surface area (Å²) in [6.07, 6.45) is 10.1. The molecule has 1 heterocycles. The first-order valence-electron chi connectivity index (χ1n) is 4.22. The van der Waals surface area contributed by atoms with Gasteiger partial charge in [-0.05, 0) is 25.0 Å². The first-order chi connectivity index (χ1) is 6.36. The van der Waals surface area contributed by atoms with Gasteiger partial charge in [-0.15, -0.1) is 6.42 Å². The van der Waals surface area contributed by atoms with Crippen molar-refractivity contribution < 1.29 is 4.79 Å². The summed E-state index contributed by atoms with van der Waals surface area (Å²) in [4.78, 5) is 14.2. The molecule has 0 atom stereocenters. The van der Waals surface area contributed by atoms with Gasteiger partial charge in [0.1, 0.15) is 6.29 Å². The molecule has 0 aliphatic carbocycles. The fourth-order valence-electron chi connectivity index (χ4n) is 1.02. The number of aromatic nitrogens is 1. The maximum atomic E-state index is 10.0. The third-order valence-electron chi connectivity index (χ3n) is 1.75. The highest BCUT2D eigenvalue weighted by Gasteiger charge is 1.94. The van der Waals surface area contributed by atoms with Gasteiger partial charge in [0.25, 0.3) is 0 Å². The summed E-state index contributed by atoms with van der Waals surface area (Å²) in [5.41, 5.74) is 1.78. The highest BCUT2D eigenvalue weighted by Crippen LogP contribution is 2.02. The van der Waals surface area contributed by atoms with Crippen molar-refractivity contribution in [3.63, 3.8) is 0 Å². The van der Waals surface area contributed by atoms with Crippen molar-refractivity contribution in [3.05, 3.63) is 29.6 Å². The molecule has 66 valence electrons. The van der Waals surface area contributed by atoms with E-state index < -0.39 is 0 Å². The van der Waals surface area contributed by atoms with Crippen molar-refractivity contribution in [1.29, 1.82) is 0 Å². The summed E-state index contributed by atoms with van der Waals surface area (Å²) < 4.78 is 0. The van der Waals surface area contributed by atoms with Crippen LogP contribution in [0, 0.1) is 12.3 Å². The Bertz CT molecular complexity index is 308. The molecule has 0 aliphatic rings. The minimum atomic E-state index is 0.596. The maximum Gasteiger partial charge on any atom is 0.120 e. The van der Waals surface area contributed by atoms with Crippen LogP contribution in [0.1, 0.15) is 24.1 Å². The molecular weight excluding hydrogens is 162 g/mol. The van der Waals surface area contributed by atoms with E-state index in [2.05, 4.69) is 10.9 Å². The Morgan fingerprint density at radius 1 is 1.54 bits per heavy atom. The zero-order chi connectivity index (χ0) is 9.52. The van der Waals surface area contributed by atoms with Crippen LogP contribution in [-0.2, 0) is 11.2 Å². The molecule has 0 unspecified atom stereocenters. The number of unbranched alkanes of at least 4 members (excludes halogenated alkanes) is 1. The van der Waals surface area contributed by atoms with E-state index >= 15 is 0 Å². The molecule has 0 fully saturated rings. The number of pyridine rings is 1. The van der Waals surface area contributed by atoms with Gasteiger partial charge in [-0.3, -0.25) is 4.98 Å². The summed E-state index contributed by atoms with van der Waals surface area (Å²) in [7, 11) is 0. The van der Waals surface area contributed by atoms with Crippen molar-refractivity contribution in [2.24, 2.45) is 0 Å². The van der Waals surface area contributed by atoms with Gasteiger partial charge in [0.05, 0.1) is 0 Å². The SMILES string of the molecule is C#Cc1ccc(CCCC=O)nc1. The predicted octanol–water partition coefficient (Wildman–Crippen LogP) is 1.58. The lowest BCUT2D eigenvalue weighted by Gasteiger charge is -1.97. The van der Waals surface area contributed by atoms with Crippen LogP contribution in [0.5, 0.6) is 0 Å². The van der Waals surface area contributed by atoms with Crippen LogP contribution in [0.25, 0.3) is 0 Å². The Morgan fingerprint density at radius 2 is 2.38 bits per heavy atom. The number of aryl methyl sites for hydroxylation is 1. The molecule has 0 saturated heterocycles. The number of carbonyl (C=O) groups excluding carboxylic acids is 1. The smallest absolute Gasteiger partial charge is 0.120 e. The summed E-state index contributed by atoms with van der Waals surface area (Å²) in [6.45, 7) is 0. The highest BCUT2D eigenvalue weighted by atomic mass is 16.1. The topological polar surface area (TPSA) is 30.0 Å². The van der Waals surface area contributed by atoms with Crippen LogP contribution >= 0.6 is 0 Å². The second-order valence-corrected chi connectivity index (χ2v) is 2.74. The van der Waals surface area contributed by atoms with Crippen LogP contribution in [0.3, 0.4) is 0 Å². The third-order valence-corrected chi connectivity index (χ3v) is 1.75. The van der Waals surface area contributed by atoms with E-state index in [1.54, 1.807) is 6.20 Å². The monoisotopic (exact) mass is 173 g/mol. The Hall–Kier alpha value is -1.62. The maximum absolute atomic E-state index is 10.0. The van der Waals surface area contributed by atoms with Gasteiger partial charge in [-0.2, -0.15) is 0 Å². The van der Waals surface area contributed by atoms with E-state index in [9.17, 15) is 4.79 Å². The predicted molar refractivity (Wildman–Crippen MR) is 51.2 cm³/mol. The lowest BCUT2D eigenvalue weighted by Crippen LogP contribution is -1.90. The molecule has 0 bridgehead atoms. The van der Waals surface area contributed by atoms with E-state index in [0.717, 1.165) is 30.4 Å². The lowest BCUT2D eigenvalue weighted by atomic mass is 10.1. The largest absolute Gasteiger partial charge is 0.303 e. The van der Waals surface area contributed by atoms with Crippen molar-refractivity contribution in [2.75, 3.05) is 0 Å². The molecule has 13 heavy (non-hydrogen) atoms. The number of aldehydes is 1. The van der Waals surface area contributed by atoms with Gasteiger partial charge in [0, 0.05) is 23.9 Å². The molecule has 0 N–H and O–H groups in total. The second kappa shape index (κ2) is 5.10. The molecule has 1 rings (SSSR count). The van der Waals surface area contributed by atoms with E-state index in [1.165, 1.54) is 0 Å². The molecule has 0 aliphatic heterocycles. The van der Waals surface area contributed by atoms with Gasteiger partial charge in [0.15, 0.2) is 0 Å². The Balaban J connectivity index is 2.50. The van der Waals surface area contributed by atoms with E-state index in [0.29, 0.717) is 6.42 Å². The van der Waals surface area contributed by atoms with Crippen LogP contribution in [0.2, 0.25) is 0 Å². The summed E-state index contributed by atoms with van der Waals surface area (Å²) >= 11 is 0. The minimum Gasteiger partial charge on any atom is -0.303 e. The lowest BCUT2D eigenvalue weighted by molar-refractivity contribution is -0.107. The zero-order valence-electron chi connectivity index (χ0n) is 7.36. The van der Waals surface area contributed by atoms with Gasteiger partial charge in [-0.25, -0.2) is 0 Å². The molecule has 0 spiro atoms. The van der Waals surface area contributed by atoms with Gasteiger partial charge in [0.2, 0.25) is 0 Å². The fraction of sp³-hybridized carbons (Fsp3) is 0.273. The first kappa shape index (κ1) is 9.47. The van der Waals surface area contributed by atoms with Gasteiger partial charge in [-0.1, -0.05) is 5.92 Å². The van der Waals surface area contributed by atoms with Crippen molar-refractivity contribution in [2.45, 2.75) is 19.3 Å². The van der Waals surface area contributed by atoms with E-state index in [-0.39, 0.29) is 0 Å². The standard InChI is InChI=1S/C11H11NO/c1-2-10-6-7-11(12-9-10)5-3-4-8-13/h1,6-9H,3-5H2. The molecule has 1 aromatic heterocycles. The Kier molecular flexibility index (Phi) is 3.72. The molecule has 1 aromatic rings. The summed E-state index contributed by atoms with van der Waals surface area (Å²) in [5.74, 6) is 2.50. The highest BCUT2D eigenvalue weighted by molar-refractivity contribution is 5.49. The quantitative estimate of drug-likeness (QED) is 0.393. The van der Waals surface area contributed by atoms with E-state index in [4.69, 9.17) is 6.42 Å². The van der Waals surface area contributed by atoms with Crippen LogP contribution in [0.4, 0.5) is 0 Å². The van der Waals surface area contributed by atoms with Crippen molar-refractivity contribution in [1.82, 2.24) is 4.98 Å². The van der Waals surface area contributed by atoms with Crippen LogP contribution in [0.15, 0.2) is 18.3 Å². The summed E-state index contributed by atoms with van der Waals surface area (Å²) in [6, 6.07) is 3.77. The number of rotatable bonds is 4. The minimum absolute atomic E-state index is 0.596. The Labute approximate surface area is 78.0 Å². The van der Waals surface area contributed by atoms with Crippen molar-refractivity contribution >= 4 is 6.29 Å². The summed E-state index contributed by atoms with van der Waals surface area (Å²) in [5, 5.41) is 0. The normalized spacial score (nSPS) is 9.15. The zero-order valence-corrected chi connectivity index (χ0v) is 7.36. The van der Waals surface area contributed by atoms with E-state index in [1.807, 2.05) is 12.1 Å². The van der Waals surface area contributed by atoms with Gasteiger partial charge >= 0.3 is 0 Å². The van der Waals surface area contributed by atoms with Crippen LogP contribution in [-0.4, -0.2) is 11.3 Å². The number of terminal acetylenes is 1. The second-order valence-electron chi connectivity index (χ2n) is 2.74. The third kappa shape index (κ3) is 3.08. The van der Waals surface area contributed by atoms with Gasteiger partial charge < -0.3 is 4.79 Å². The molecule has 0 radical (unpaired) electrons. The molecule has 0 saturated carbocycles. The first-order valence-corrected chi connectivity index (χ1v) is 4.22. The fourth-order valence-corrected chi connectivity index (χ4v) is 1.02.